The quantitative estimate of drug-likeness (QED) is 0.787. The van der Waals surface area contributed by atoms with Gasteiger partial charge in [-0.15, -0.1) is 10.2 Å². The highest BCUT2D eigenvalue weighted by Crippen LogP contribution is 2.34. The van der Waals surface area contributed by atoms with Gasteiger partial charge in [0.2, 0.25) is 11.7 Å². The summed E-state index contributed by atoms with van der Waals surface area (Å²) < 4.78 is 0. The molecule has 1 saturated carbocycles. The number of carbonyl (C=O) groups excluding carboxylic acids is 1. The number of hydrogen-bond donors (Lipinski definition) is 0. The number of carbonyl (C=O) groups is 1. The SMILES string of the molecule is CC(C1CC1)N(C)C(=O)CCCn1nnc(-c2ccccc2)n1. The van der Waals surface area contributed by atoms with Crippen molar-refractivity contribution in [2.45, 2.75) is 45.2 Å². The minimum atomic E-state index is 0.202. The zero-order chi connectivity index (χ0) is 16.2. The van der Waals surface area contributed by atoms with Crippen molar-refractivity contribution in [3.63, 3.8) is 0 Å². The molecule has 6 heteroatoms. The van der Waals surface area contributed by atoms with Crippen molar-refractivity contribution < 1.29 is 4.79 Å². The summed E-state index contributed by atoms with van der Waals surface area (Å²) in [5, 5.41) is 12.5. The number of benzene rings is 1. The average molecular weight is 313 g/mol. The monoisotopic (exact) mass is 313 g/mol. The van der Waals surface area contributed by atoms with Gasteiger partial charge in [0.25, 0.3) is 0 Å². The van der Waals surface area contributed by atoms with E-state index >= 15 is 0 Å². The van der Waals surface area contributed by atoms with Gasteiger partial charge in [-0.25, -0.2) is 0 Å². The fourth-order valence-corrected chi connectivity index (χ4v) is 2.71. The Hall–Kier alpha value is -2.24. The standard InChI is InChI=1S/C17H23N5O/c1-13(14-10-11-14)21(2)16(23)9-6-12-22-19-17(18-20-22)15-7-4-3-5-8-15/h3-5,7-8,13-14H,6,9-12H2,1-2H3. The third kappa shape index (κ3) is 3.94. The molecule has 0 spiro atoms. The summed E-state index contributed by atoms with van der Waals surface area (Å²) in [6, 6.07) is 10.1. The fraction of sp³-hybridized carbons (Fsp3) is 0.529. The summed E-state index contributed by atoms with van der Waals surface area (Å²) in [7, 11) is 1.91. The van der Waals surface area contributed by atoms with Crippen LogP contribution in [0.5, 0.6) is 0 Å². The van der Waals surface area contributed by atoms with Crippen LogP contribution in [0.25, 0.3) is 11.4 Å². The molecule has 0 bridgehead atoms. The molecule has 1 aromatic heterocycles. The van der Waals surface area contributed by atoms with E-state index in [2.05, 4.69) is 22.3 Å². The zero-order valence-electron chi connectivity index (χ0n) is 13.7. The average Bonchev–Trinajstić information content (AvgIpc) is 3.33. The second-order valence-electron chi connectivity index (χ2n) is 6.26. The number of amides is 1. The third-order valence-corrected chi connectivity index (χ3v) is 4.54. The molecule has 0 aliphatic heterocycles. The van der Waals surface area contributed by atoms with Gasteiger partial charge in [-0.2, -0.15) is 4.80 Å². The Balaban J connectivity index is 1.47. The molecule has 0 radical (unpaired) electrons. The Morgan fingerprint density at radius 1 is 1.35 bits per heavy atom. The van der Waals surface area contributed by atoms with Crippen molar-refractivity contribution in [2.75, 3.05) is 7.05 Å². The normalized spacial score (nSPS) is 15.4. The van der Waals surface area contributed by atoms with Gasteiger partial charge in [0, 0.05) is 25.1 Å². The van der Waals surface area contributed by atoms with E-state index in [0.29, 0.717) is 30.7 Å². The van der Waals surface area contributed by atoms with Crippen LogP contribution in [0.4, 0.5) is 0 Å². The summed E-state index contributed by atoms with van der Waals surface area (Å²) in [5.41, 5.74) is 0.952. The molecule has 1 aromatic carbocycles. The Morgan fingerprint density at radius 2 is 2.09 bits per heavy atom. The maximum atomic E-state index is 12.2. The Morgan fingerprint density at radius 3 is 2.78 bits per heavy atom. The second-order valence-corrected chi connectivity index (χ2v) is 6.26. The number of hydrogen-bond acceptors (Lipinski definition) is 4. The molecule has 1 aliphatic rings. The van der Waals surface area contributed by atoms with Crippen molar-refractivity contribution in [1.29, 1.82) is 0 Å². The van der Waals surface area contributed by atoms with E-state index in [1.54, 1.807) is 4.80 Å². The smallest absolute Gasteiger partial charge is 0.222 e. The van der Waals surface area contributed by atoms with Gasteiger partial charge < -0.3 is 4.90 Å². The third-order valence-electron chi connectivity index (χ3n) is 4.54. The van der Waals surface area contributed by atoms with E-state index in [1.165, 1.54) is 12.8 Å². The highest BCUT2D eigenvalue weighted by molar-refractivity contribution is 5.76. The van der Waals surface area contributed by atoms with Crippen molar-refractivity contribution in [2.24, 2.45) is 5.92 Å². The minimum Gasteiger partial charge on any atom is -0.343 e. The van der Waals surface area contributed by atoms with E-state index in [0.717, 1.165) is 12.0 Å². The molecule has 1 fully saturated rings. The van der Waals surface area contributed by atoms with Crippen molar-refractivity contribution >= 4 is 5.91 Å². The number of aryl methyl sites for hydroxylation is 1. The lowest BCUT2D eigenvalue weighted by atomic mass is 10.1. The molecule has 23 heavy (non-hydrogen) atoms. The maximum Gasteiger partial charge on any atom is 0.222 e. The first-order valence-corrected chi connectivity index (χ1v) is 8.24. The highest BCUT2D eigenvalue weighted by Gasteiger charge is 2.32. The lowest BCUT2D eigenvalue weighted by Crippen LogP contribution is -2.36. The fourth-order valence-electron chi connectivity index (χ4n) is 2.71. The highest BCUT2D eigenvalue weighted by atomic mass is 16.2. The first kappa shape index (κ1) is 15.6. The number of aromatic nitrogens is 4. The van der Waals surface area contributed by atoms with E-state index in [1.807, 2.05) is 42.3 Å². The molecular formula is C17H23N5O. The van der Waals surface area contributed by atoms with Crippen LogP contribution in [-0.4, -0.2) is 44.1 Å². The predicted octanol–water partition coefficient (Wildman–Crippen LogP) is 2.38. The molecule has 0 saturated heterocycles. The van der Waals surface area contributed by atoms with Crippen molar-refractivity contribution in [3.05, 3.63) is 30.3 Å². The van der Waals surface area contributed by atoms with E-state index in [9.17, 15) is 4.79 Å². The molecular weight excluding hydrogens is 290 g/mol. The van der Waals surface area contributed by atoms with Gasteiger partial charge in [-0.3, -0.25) is 4.79 Å². The Bertz CT molecular complexity index is 650. The van der Waals surface area contributed by atoms with Crippen LogP contribution in [-0.2, 0) is 11.3 Å². The van der Waals surface area contributed by atoms with Crippen LogP contribution in [0.15, 0.2) is 30.3 Å². The first-order valence-electron chi connectivity index (χ1n) is 8.24. The number of nitrogens with zero attached hydrogens (tertiary/aromatic N) is 5. The Labute approximate surface area is 136 Å². The number of tetrazole rings is 1. The molecule has 6 nitrogen and oxygen atoms in total. The zero-order valence-corrected chi connectivity index (χ0v) is 13.7. The predicted molar refractivity (Wildman–Crippen MR) is 87.4 cm³/mol. The van der Waals surface area contributed by atoms with Gasteiger partial charge >= 0.3 is 0 Å². The molecule has 1 aliphatic carbocycles. The van der Waals surface area contributed by atoms with Crippen LogP contribution in [0.3, 0.4) is 0 Å². The lowest BCUT2D eigenvalue weighted by Gasteiger charge is -2.24. The van der Waals surface area contributed by atoms with Gasteiger partial charge in [0.05, 0.1) is 6.54 Å². The van der Waals surface area contributed by atoms with E-state index in [-0.39, 0.29) is 5.91 Å². The number of rotatable bonds is 7. The molecule has 1 atom stereocenters. The Kier molecular flexibility index (Phi) is 4.69. The van der Waals surface area contributed by atoms with Crippen LogP contribution in [0.1, 0.15) is 32.6 Å². The molecule has 3 rings (SSSR count). The van der Waals surface area contributed by atoms with Crippen molar-refractivity contribution in [1.82, 2.24) is 25.1 Å². The first-order chi connectivity index (χ1) is 11.1. The summed E-state index contributed by atoms with van der Waals surface area (Å²) in [6.07, 6.45) is 3.76. The topological polar surface area (TPSA) is 63.9 Å². The summed E-state index contributed by atoms with van der Waals surface area (Å²) in [6.45, 7) is 2.75. The van der Waals surface area contributed by atoms with Gasteiger partial charge in [0.15, 0.2) is 0 Å². The van der Waals surface area contributed by atoms with Crippen LogP contribution in [0.2, 0.25) is 0 Å². The molecule has 1 heterocycles. The molecule has 0 N–H and O–H groups in total. The molecule has 1 unspecified atom stereocenters. The summed E-state index contributed by atoms with van der Waals surface area (Å²) in [5.74, 6) is 1.53. The van der Waals surface area contributed by atoms with E-state index < -0.39 is 0 Å². The van der Waals surface area contributed by atoms with Gasteiger partial charge in [0.1, 0.15) is 0 Å². The molecule has 1 amide bonds. The molecule has 2 aromatic rings. The van der Waals surface area contributed by atoms with Crippen LogP contribution in [0, 0.1) is 5.92 Å². The summed E-state index contributed by atoms with van der Waals surface area (Å²) >= 11 is 0. The van der Waals surface area contributed by atoms with Crippen molar-refractivity contribution in [3.8, 4) is 11.4 Å². The van der Waals surface area contributed by atoms with Gasteiger partial charge in [-0.1, -0.05) is 30.3 Å². The van der Waals surface area contributed by atoms with E-state index in [4.69, 9.17) is 0 Å². The minimum absolute atomic E-state index is 0.202. The second kappa shape index (κ2) is 6.89. The lowest BCUT2D eigenvalue weighted by molar-refractivity contribution is -0.132. The van der Waals surface area contributed by atoms with Gasteiger partial charge in [-0.05, 0) is 37.3 Å². The largest absolute Gasteiger partial charge is 0.343 e. The molecule has 122 valence electrons. The van der Waals surface area contributed by atoms with Crippen LogP contribution < -0.4 is 0 Å². The van der Waals surface area contributed by atoms with Crippen LogP contribution >= 0.6 is 0 Å². The maximum absolute atomic E-state index is 12.2. The summed E-state index contributed by atoms with van der Waals surface area (Å²) in [4.78, 5) is 15.7.